The van der Waals surface area contributed by atoms with Gasteiger partial charge in [-0.1, -0.05) is 0 Å². The molecular weight excluding hydrogens is 176 g/mol. The number of nitrogens with zero attached hydrogens (tertiary/aromatic N) is 2. The maximum atomic E-state index is 10.4. The minimum Gasteiger partial charge on any atom is -0.493 e. The first-order valence-corrected chi connectivity index (χ1v) is 3.41. The predicted octanol–water partition coefficient (Wildman–Crippen LogP) is 1.01. The third kappa shape index (κ3) is 1.84. The SMILES string of the molecule is COc1cnc([N+](=O)[O-])c(OC)c1. The number of ether oxygens (including phenoxy) is 2. The van der Waals surface area contributed by atoms with Crippen molar-refractivity contribution in [2.45, 2.75) is 0 Å². The van der Waals surface area contributed by atoms with Gasteiger partial charge in [0, 0.05) is 6.07 Å². The van der Waals surface area contributed by atoms with Crippen LogP contribution in [0.2, 0.25) is 0 Å². The van der Waals surface area contributed by atoms with Crippen LogP contribution < -0.4 is 9.47 Å². The lowest BCUT2D eigenvalue weighted by Crippen LogP contribution is -1.97. The summed E-state index contributed by atoms with van der Waals surface area (Å²) < 4.78 is 9.59. The highest BCUT2D eigenvalue weighted by atomic mass is 16.6. The molecule has 70 valence electrons. The van der Waals surface area contributed by atoms with E-state index in [9.17, 15) is 10.1 Å². The smallest absolute Gasteiger partial charge is 0.406 e. The van der Waals surface area contributed by atoms with Crippen molar-refractivity contribution in [2.24, 2.45) is 0 Å². The van der Waals surface area contributed by atoms with E-state index >= 15 is 0 Å². The summed E-state index contributed by atoms with van der Waals surface area (Å²) in [6.45, 7) is 0. The lowest BCUT2D eigenvalue weighted by Gasteiger charge is -2.02. The van der Waals surface area contributed by atoms with Crippen LogP contribution in [0.4, 0.5) is 5.82 Å². The first-order valence-electron chi connectivity index (χ1n) is 3.41. The minimum atomic E-state index is -0.613. The fourth-order valence-electron chi connectivity index (χ4n) is 0.818. The fraction of sp³-hybridized carbons (Fsp3) is 0.286. The summed E-state index contributed by atoms with van der Waals surface area (Å²) in [6.07, 6.45) is 1.26. The summed E-state index contributed by atoms with van der Waals surface area (Å²) >= 11 is 0. The van der Waals surface area contributed by atoms with Crippen molar-refractivity contribution in [2.75, 3.05) is 14.2 Å². The number of pyridine rings is 1. The van der Waals surface area contributed by atoms with Crippen LogP contribution in [-0.4, -0.2) is 24.1 Å². The first-order chi connectivity index (χ1) is 6.19. The Morgan fingerprint density at radius 3 is 2.62 bits per heavy atom. The van der Waals surface area contributed by atoms with Gasteiger partial charge in [0.15, 0.2) is 11.9 Å². The Bertz CT molecular complexity index is 326. The Morgan fingerprint density at radius 1 is 1.46 bits per heavy atom. The second-order valence-corrected chi connectivity index (χ2v) is 2.16. The molecule has 0 aliphatic heterocycles. The van der Waals surface area contributed by atoms with Crippen molar-refractivity contribution >= 4 is 5.82 Å². The highest BCUT2D eigenvalue weighted by Crippen LogP contribution is 2.27. The van der Waals surface area contributed by atoms with Gasteiger partial charge in [-0.2, -0.15) is 0 Å². The normalized spacial score (nSPS) is 9.38. The molecule has 0 spiro atoms. The van der Waals surface area contributed by atoms with E-state index in [0.29, 0.717) is 5.75 Å². The van der Waals surface area contributed by atoms with Crippen molar-refractivity contribution in [3.63, 3.8) is 0 Å². The molecule has 0 bridgehead atoms. The third-order valence-electron chi connectivity index (χ3n) is 1.44. The van der Waals surface area contributed by atoms with Gasteiger partial charge in [0.25, 0.3) is 0 Å². The summed E-state index contributed by atoms with van der Waals surface area (Å²) in [6, 6.07) is 1.41. The molecule has 0 saturated carbocycles. The second-order valence-electron chi connectivity index (χ2n) is 2.16. The van der Waals surface area contributed by atoms with E-state index in [-0.39, 0.29) is 11.6 Å². The Morgan fingerprint density at radius 2 is 2.15 bits per heavy atom. The lowest BCUT2D eigenvalue weighted by atomic mass is 10.4. The number of hydrogen-bond acceptors (Lipinski definition) is 5. The maximum absolute atomic E-state index is 10.4. The number of methoxy groups -OCH3 is 2. The van der Waals surface area contributed by atoms with Crippen molar-refractivity contribution in [3.8, 4) is 11.5 Å². The van der Waals surface area contributed by atoms with Crippen molar-refractivity contribution in [1.82, 2.24) is 4.98 Å². The Kier molecular flexibility index (Phi) is 2.63. The summed E-state index contributed by atoms with van der Waals surface area (Å²) in [5.74, 6) is 0.190. The van der Waals surface area contributed by atoms with Crippen LogP contribution in [0.25, 0.3) is 0 Å². The molecule has 0 amide bonds. The van der Waals surface area contributed by atoms with Crippen molar-refractivity contribution in [3.05, 3.63) is 22.4 Å². The molecular formula is C7H8N2O4. The molecule has 0 N–H and O–H groups in total. The molecule has 0 aromatic carbocycles. The topological polar surface area (TPSA) is 74.5 Å². The van der Waals surface area contributed by atoms with Crippen LogP contribution in [0, 0.1) is 10.1 Å². The standard InChI is InChI=1S/C7H8N2O4/c1-12-5-3-6(13-2)7(8-4-5)9(10)11/h3-4H,1-2H3. The molecule has 1 heterocycles. The summed E-state index contributed by atoms with van der Waals surface area (Å²) in [5, 5.41) is 10.4. The van der Waals surface area contributed by atoms with E-state index in [1.165, 1.54) is 26.5 Å². The molecule has 0 aliphatic rings. The van der Waals surface area contributed by atoms with Crippen LogP contribution >= 0.6 is 0 Å². The second kappa shape index (κ2) is 3.70. The highest BCUT2D eigenvalue weighted by molar-refractivity contribution is 5.43. The molecule has 0 atom stereocenters. The number of rotatable bonds is 3. The van der Waals surface area contributed by atoms with Gasteiger partial charge in [-0.05, 0) is 9.91 Å². The van der Waals surface area contributed by atoms with Crippen LogP contribution in [0.15, 0.2) is 12.3 Å². The molecule has 0 radical (unpaired) electrons. The van der Waals surface area contributed by atoms with Gasteiger partial charge in [0.05, 0.1) is 14.2 Å². The molecule has 1 aromatic rings. The van der Waals surface area contributed by atoms with E-state index in [4.69, 9.17) is 9.47 Å². The largest absolute Gasteiger partial charge is 0.493 e. The quantitative estimate of drug-likeness (QED) is 0.517. The summed E-state index contributed by atoms with van der Waals surface area (Å²) in [4.78, 5) is 13.4. The maximum Gasteiger partial charge on any atom is 0.406 e. The number of nitro groups is 1. The monoisotopic (exact) mass is 184 g/mol. The molecule has 0 aliphatic carbocycles. The highest BCUT2D eigenvalue weighted by Gasteiger charge is 2.16. The summed E-state index contributed by atoms with van der Waals surface area (Å²) in [5.41, 5.74) is 0. The first kappa shape index (κ1) is 9.24. The third-order valence-corrected chi connectivity index (χ3v) is 1.44. The molecule has 0 saturated heterocycles. The average molecular weight is 184 g/mol. The van der Waals surface area contributed by atoms with Gasteiger partial charge in [-0.25, -0.2) is 0 Å². The van der Waals surface area contributed by atoms with Gasteiger partial charge < -0.3 is 19.6 Å². The molecule has 1 rings (SSSR count). The zero-order valence-electron chi connectivity index (χ0n) is 7.18. The van der Waals surface area contributed by atoms with Crippen LogP contribution in [0.3, 0.4) is 0 Å². The zero-order valence-corrected chi connectivity index (χ0v) is 7.18. The molecule has 0 unspecified atom stereocenters. The van der Waals surface area contributed by atoms with E-state index in [0.717, 1.165) is 0 Å². The van der Waals surface area contributed by atoms with Gasteiger partial charge in [0.1, 0.15) is 0 Å². The van der Waals surface area contributed by atoms with E-state index in [1.54, 1.807) is 0 Å². The molecule has 0 fully saturated rings. The molecule has 6 heteroatoms. The van der Waals surface area contributed by atoms with E-state index in [1.807, 2.05) is 0 Å². The predicted molar refractivity (Wildman–Crippen MR) is 44.0 cm³/mol. The van der Waals surface area contributed by atoms with E-state index < -0.39 is 4.92 Å². The summed E-state index contributed by atoms with van der Waals surface area (Å²) in [7, 11) is 2.78. The van der Waals surface area contributed by atoms with Gasteiger partial charge in [-0.3, -0.25) is 0 Å². The average Bonchev–Trinajstić information content (AvgIpc) is 2.16. The van der Waals surface area contributed by atoms with Gasteiger partial charge in [-0.15, -0.1) is 0 Å². The fourth-order valence-corrected chi connectivity index (χ4v) is 0.818. The molecule has 1 aromatic heterocycles. The van der Waals surface area contributed by atoms with Crippen molar-refractivity contribution < 1.29 is 14.4 Å². The number of aromatic nitrogens is 1. The Balaban J connectivity index is 3.15. The number of hydrogen-bond donors (Lipinski definition) is 0. The molecule has 6 nitrogen and oxygen atoms in total. The van der Waals surface area contributed by atoms with Gasteiger partial charge >= 0.3 is 5.82 Å². The van der Waals surface area contributed by atoms with Crippen molar-refractivity contribution in [1.29, 1.82) is 0 Å². The lowest BCUT2D eigenvalue weighted by molar-refractivity contribution is -0.390. The van der Waals surface area contributed by atoms with Crippen LogP contribution in [-0.2, 0) is 0 Å². The minimum absolute atomic E-state index is 0.0874. The van der Waals surface area contributed by atoms with Gasteiger partial charge in [0.2, 0.25) is 5.75 Å². The van der Waals surface area contributed by atoms with Crippen LogP contribution in [0.1, 0.15) is 0 Å². The van der Waals surface area contributed by atoms with E-state index in [2.05, 4.69) is 4.98 Å². The molecule has 13 heavy (non-hydrogen) atoms. The van der Waals surface area contributed by atoms with Crippen LogP contribution in [0.5, 0.6) is 11.5 Å². The Labute approximate surface area is 74.3 Å². The Hall–Kier alpha value is -1.85. The zero-order chi connectivity index (χ0) is 9.84.